The number of aryl methyl sites for hydroxylation is 3. The van der Waals surface area contributed by atoms with E-state index in [-0.39, 0.29) is 0 Å². The standard InChI is InChI=1S/C23H24N2O2S/c26-28(27,25-21-14-15-22-20(17-21)10-6-16-24-22)23-11-5-4-9-19(23)13-12-18-7-2-1-3-8-18/h1-5,7-9,11,14-15,17,24-25H,6,10,12-13,16H2. The second-order valence-corrected chi connectivity index (χ2v) is 8.75. The van der Waals surface area contributed by atoms with Crippen molar-refractivity contribution in [2.24, 2.45) is 0 Å². The number of hydrogen-bond acceptors (Lipinski definition) is 3. The fraction of sp³-hybridized carbons (Fsp3) is 0.217. The van der Waals surface area contributed by atoms with Crippen molar-refractivity contribution in [3.8, 4) is 0 Å². The van der Waals surface area contributed by atoms with Crippen LogP contribution in [-0.2, 0) is 29.3 Å². The van der Waals surface area contributed by atoms with Crippen molar-refractivity contribution in [1.82, 2.24) is 0 Å². The maximum atomic E-state index is 13.1. The molecule has 0 unspecified atom stereocenters. The van der Waals surface area contributed by atoms with Gasteiger partial charge in [-0.05, 0) is 66.6 Å². The van der Waals surface area contributed by atoms with E-state index in [0.29, 0.717) is 17.0 Å². The maximum Gasteiger partial charge on any atom is 0.262 e. The molecule has 0 aliphatic carbocycles. The first-order chi connectivity index (χ1) is 13.6. The zero-order valence-corrected chi connectivity index (χ0v) is 16.5. The van der Waals surface area contributed by atoms with Crippen molar-refractivity contribution in [3.05, 3.63) is 89.5 Å². The van der Waals surface area contributed by atoms with E-state index in [1.165, 1.54) is 5.56 Å². The molecule has 0 saturated heterocycles. The topological polar surface area (TPSA) is 58.2 Å². The van der Waals surface area contributed by atoms with Gasteiger partial charge in [0.15, 0.2) is 0 Å². The Morgan fingerprint density at radius 2 is 1.68 bits per heavy atom. The van der Waals surface area contributed by atoms with Crippen LogP contribution in [0.4, 0.5) is 11.4 Å². The van der Waals surface area contributed by atoms with Crippen LogP contribution in [0.1, 0.15) is 23.1 Å². The number of rotatable bonds is 6. The summed E-state index contributed by atoms with van der Waals surface area (Å²) in [5, 5.41) is 3.35. The Kier molecular flexibility index (Phi) is 5.35. The number of benzene rings is 3. The Bertz CT molecular complexity index is 1060. The van der Waals surface area contributed by atoms with Gasteiger partial charge in [-0.15, -0.1) is 0 Å². The number of hydrogen-bond donors (Lipinski definition) is 2. The van der Waals surface area contributed by atoms with Crippen molar-refractivity contribution in [2.45, 2.75) is 30.6 Å². The lowest BCUT2D eigenvalue weighted by Crippen LogP contribution is -2.16. The van der Waals surface area contributed by atoms with Crippen molar-refractivity contribution >= 4 is 21.4 Å². The van der Waals surface area contributed by atoms with Crippen LogP contribution in [0.25, 0.3) is 0 Å². The molecule has 5 heteroatoms. The summed E-state index contributed by atoms with van der Waals surface area (Å²) in [4.78, 5) is 0.349. The third-order valence-electron chi connectivity index (χ3n) is 5.08. The minimum Gasteiger partial charge on any atom is -0.385 e. The number of anilines is 2. The van der Waals surface area contributed by atoms with Crippen LogP contribution in [0.15, 0.2) is 77.7 Å². The molecule has 3 aromatic rings. The van der Waals surface area contributed by atoms with Gasteiger partial charge in [-0.1, -0.05) is 48.5 Å². The lowest BCUT2D eigenvalue weighted by Gasteiger charge is -2.19. The Labute approximate surface area is 166 Å². The third kappa shape index (κ3) is 4.20. The van der Waals surface area contributed by atoms with E-state index in [4.69, 9.17) is 0 Å². The first-order valence-electron chi connectivity index (χ1n) is 9.63. The van der Waals surface area contributed by atoms with Gasteiger partial charge in [0.25, 0.3) is 10.0 Å². The normalized spacial score (nSPS) is 13.4. The Morgan fingerprint density at radius 3 is 2.54 bits per heavy atom. The Morgan fingerprint density at radius 1 is 0.893 bits per heavy atom. The molecule has 1 aliphatic heterocycles. The largest absolute Gasteiger partial charge is 0.385 e. The molecule has 4 nitrogen and oxygen atoms in total. The van der Waals surface area contributed by atoms with Gasteiger partial charge in [0.1, 0.15) is 0 Å². The molecule has 0 amide bonds. The van der Waals surface area contributed by atoms with Gasteiger partial charge in [-0.25, -0.2) is 8.42 Å². The summed E-state index contributed by atoms with van der Waals surface area (Å²) < 4.78 is 28.9. The highest BCUT2D eigenvalue weighted by atomic mass is 32.2. The summed E-state index contributed by atoms with van der Waals surface area (Å²) in [7, 11) is -3.65. The zero-order chi connectivity index (χ0) is 19.4. The van der Waals surface area contributed by atoms with Gasteiger partial charge >= 0.3 is 0 Å². The molecule has 2 N–H and O–H groups in total. The van der Waals surface area contributed by atoms with Crippen LogP contribution in [-0.4, -0.2) is 15.0 Å². The van der Waals surface area contributed by atoms with Crippen LogP contribution >= 0.6 is 0 Å². The summed E-state index contributed by atoms with van der Waals surface area (Å²) in [6, 6.07) is 23.1. The summed E-state index contributed by atoms with van der Waals surface area (Å²) in [5.74, 6) is 0. The number of nitrogens with one attached hydrogen (secondary N) is 2. The van der Waals surface area contributed by atoms with Crippen molar-refractivity contribution in [3.63, 3.8) is 0 Å². The SMILES string of the molecule is O=S(=O)(Nc1ccc2c(c1)CCCN2)c1ccccc1CCc1ccccc1. The van der Waals surface area contributed by atoms with Crippen molar-refractivity contribution in [2.75, 3.05) is 16.6 Å². The van der Waals surface area contributed by atoms with Crippen LogP contribution < -0.4 is 10.0 Å². The maximum absolute atomic E-state index is 13.1. The molecule has 144 valence electrons. The van der Waals surface area contributed by atoms with Gasteiger partial charge in [0, 0.05) is 17.9 Å². The lowest BCUT2D eigenvalue weighted by molar-refractivity contribution is 0.600. The highest BCUT2D eigenvalue weighted by Crippen LogP contribution is 2.27. The summed E-state index contributed by atoms with van der Waals surface area (Å²) >= 11 is 0. The Balaban J connectivity index is 1.56. The molecular weight excluding hydrogens is 368 g/mol. The molecule has 0 bridgehead atoms. The summed E-state index contributed by atoms with van der Waals surface area (Å²) in [5.41, 5.74) is 4.89. The van der Waals surface area contributed by atoms with E-state index in [9.17, 15) is 8.42 Å². The number of sulfonamides is 1. The third-order valence-corrected chi connectivity index (χ3v) is 6.57. The molecule has 0 spiro atoms. The van der Waals surface area contributed by atoms with Crippen LogP contribution in [0, 0.1) is 0 Å². The fourth-order valence-corrected chi connectivity index (χ4v) is 4.96. The number of fused-ring (bicyclic) bond motifs is 1. The second-order valence-electron chi connectivity index (χ2n) is 7.10. The van der Waals surface area contributed by atoms with Crippen LogP contribution in [0.2, 0.25) is 0 Å². The van der Waals surface area contributed by atoms with Gasteiger partial charge in [0.05, 0.1) is 4.90 Å². The first-order valence-corrected chi connectivity index (χ1v) is 11.1. The Hall–Kier alpha value is -2.79. The van der Waals surface area contributed by atoms with E-state index in [0.717, 1.165) is 42.6 Å². The van der Waals surface area contributed by atoms with Crippen LogP contribution in [0.3, 0.4) is 0 Å². The molecular formula is C23H24N2O2S. The molecule has 0 saturated carbocycles. The quantitative estimate of drug-likeness (QED) is 0.643. The predicted molar refractivity (Wildman–Crippen MR) is 114 cm³/mol. The van der Waals surface area contributed by atoms with E-state index in [1.54, 1.807) is 12.1 Å². The van der Waals surface area contributed by atoms with Crippen molar-refractivity contribution in [1.29, 1.82) is 0 Å². The minimum absolute atomic E-state index is 0.349. The van der Waals surface area contributed by atoms with Crippen LogP contribution in [0.5, 0.6) is 0 Å². The minimum atomic E-state index is -3.65. The van der Waals surface area contributed by atoms with E-state index >= 15 is 0 Å². The van der Waals surface area contributed by atoms with Gasteiger partial charge in [-0.2, -0.15) is 0 Å². The monoisotopic (exact) mass is 392 g/mol. The molecule has 0 radical (unpaired) electrons. The van der Waals surface area contributed by atoms with E-state index < -0.39 is 10.0 Å². The highest BCUT2D eigenvalue weighted by molar-refractivity contribution is 7.92. The molecule has 0 aromatic heterocycles. The summed E-state index contributed by atoms with van der Waals surface area (Å²) in [6.07, 6.45) is 3.50. The average Bonchev–Trinajstić information content (AvgIpc) is 2.73. The lowest BCUT2D eigenvalue weighted by atomic mass is 10.0. The molecule has 0 fully saturated rings. The average molecular weight is 393 g/mol. The molecule has 1 aliphatic rings. The van der Waals surface area contributed by atoms with Gasteiger partial charge < -0.3 is 5.32 Å². The first kappa shape index (κ1) is 18.6. The van der Waals surface area contributed by atoms with E-state index in [1.807, 2.05) is 48.5 Å². The predicted octanol–water partition coefficient (Wildman–Crippen LogP) is 4.63. The zero-order valence-electron chi connectivity index (χ0n) is 15.7. The van der Waals surface area contributed by atoms with E-state index in [2.05, 4.69) is 22.2 Å². The molecule has 28 heavy (non-hydrogen) atoms. The smallest absolute Gasteiger partial charge is 0.262 e. The molecule has 3 aromatic carbocycles. The second kappa shape index (κ2) is 8.07. The van der Waals surface area contributed by atoms with Crippen molar-refractivity contribution < 1.29 is 8.42 Å². The summed E-state index contributed by atoms with van der Waals surface area (Å²) in [6.45, 7) is 0.965. The highest BCUT2D eigenvalue weighted by Gasteiger charge is 2.19. The molecule has 0 atom stereocenters. The van der Waals surface area contributed by atoms with Gasteiger partial charge in [-0.3, -0.25) is 4.72 Å². The molecule has 1 heterocycles. The fourth-order valence-electron chi connectivity index (χ4n) is 3.64. The van der Waals surface area contributed by atoms with Gasteiger partial charge in [0.2, 0.25) is 0 Å². The molecule has 4 rings (SSSR count).